The van der Waals surface area contributed by atoms with Crippen molar-refractivity contribution in [2.24, 2.45) is 5.73 Å². The third-order valence-corrected chi connectivity index (χ3v) is 3.32. The molecule has 0 aromatic carbocycles. The maximum atomic E-state index is 11.6. The fourth-order valence-corrected chi connectivity index (χ4v) is 2.39. The Hall–Kier alpha value is -0.240. The molecule has 5 nitrogen and oxygen atoms in total. The maximum absolute atomic E-state index is 11.6. The number of likely N-dealkylation sites (N-methyl/N-ethyl adjacent to an activating group) is 1. The van der Waals surface area contributed by atoms with Gasteiger partial charge in [0.1, 0.15) is 0 Å². The molecule has 0 aliphatic rings. The van der Waals surface area contributed by atoms with Crippen LogP contribution in [0, 0.1) is 0 Å². The molecule has 0 heterocycles. The zero-order valence-corrected chi connectivity index (χ0v) is 10.1. The Bertz CT molecular complexity index is 277. The van der Waals surface area contributed by atoms with E-state index in [0.29, 0.717) is 13.1 Å². The smallest absolute Gasteiger partial charge is 0.279 e. The molecule has 0 unspecified atom stereocenters. The van der Waals surface area contributed by atoms with E-state index >= 15 is 0 Å². The van der Waals surface area contributed by atoms with E-state index in [4.69, 9.17) is 5.73 Å². The summed E-state index contributed by atoms with van der Waals surface area (Å²) in [5, 5.41) is 0. The minimum atomic E-state index is -3.41. The summed E-state index contributed by atoms with van der Waals surface area (Å²) in [4.78, 5) is 0.175. The normalized spacial score (nSPS) is 11.9. The maximum Gasteiger partial charge on any atom is 0.279 e. The Balaban J connectivity index is 4.41. The molecular weight excluding hydrogens is 222 g/mol. The van der Waals surface area contributed by atoms with E-state index < -0.39 is 10.2 Å². The van der Waals surface area contributed by atoms with Gasteiger partial charge in [-0.05, 0) is 6.42 Å². The zero-order chi connectivity index (χ0) is 11.2. The number of nitrogens with one attached hydrogen (secondary N) is 1. The lowest BCUT2D eigenvalue weighted by atomic mass is 10.5. The van der Waals surface area contributed by atoms with Crippen LogP contribution in [0.25, 0.3) is 0 Å². The summed E-state index contributed by atoms with van der Waals surface area (Å²) >= 11 is 4.66. The van der Waals surface area contributed by atoms with E-state index in [1.165, 1.54) is 4.31 Å². The Kier molecular flexibility index (Phi) is 6.17. The van der Waals surface area contributed by atoms with E-state index in [2.05, 4.69) is 16.9 Å². The van der Waals surface area contributed by atoms with Crippen molar-refractivity contribution in [3.8, 4) is 0 Å². The summed E-state index contributed by atoms with van der Waals surface area (Å²) in [6.45, 7) is 4.51. The second-order valence-corrected chi connectivity index (χ2v) is 5.07. The summed E-state index contributed by atoms with van der Waals surface area (Å²) in [5.41, 5.74) is 5.29. The summed E-state index contributed by atoms with van der Waals surface area (Å²) in [5.74, 6) is 0. The minimum absolute atomic E-state index is 0.0882. The first-order valence-corrected chi connectivity index (χ1v) is 6.31. The van der Waals surface area contributed by atoms with Crippen LogP contribution in [0.15, 0.2) is 0 Å². The van der Waals surface area contributed by atoms with Gasteiger partial charge in [-0.3, -0.25) is 0 Å². The molecule has 0 bridgehead atoms. The molecule has 0 fully saturated rings. The third kappa shape index (κ3) is 4.85. The first-order valence-electron chi connectivity index (χ1n) is 4.47. The molecule has 0 atom stereocenters. The lowest BCUT2D eigenvalue weighted by molar-refractivity contribution is 0.456. The average molecular weight is 239 g/mol. The van der Waals surface area contributed by atoms with E-state index in [9.17, 15) is 8.42 Å². The molecule has 0 saturated carbocycles. The van der Waals surface area contributed by atoms with Gasteiger partial charge in [-0.25, -0.2) is 4.72 Å². The van der Waals surface area contributed by atoms with Crippen molar-refractivity contribution < 1.29 is 8.42 Å². The van der Waals surface area contributed by atoms with Gasteiger partial charge in [-0.2, -0.15) is 12.7 Å². The van der Waals surface area contributed by atoms with E-state index in [-0.39, 0.29) is 11.5 Å². The molecule has 0 spiro atoms. The summed E-state index contributed by atoms with van der Waals surface area (Å²) in [6.07, 6.45) is 0.754. The fraction of sp³-hybridized carbons (Fsp3) is 0.857. The van der Waals surface area contributed by atoms with Crippen LogP contribution in [0.4, 0.5) is 0 Å². The predicted octanol–water partition coefficient (Wildman–Crippen LogP) is -0.161. The van der Waals surface area contributed by atoms with Crippen LogP contribution in [0.5, 0.6) is 0 Å². The minimum Gasteiger partial charge on any atom is -0.392 e. The molecule has 0 aliphatic carbocycles. The van der Waals surface area contributed by atoms with Gasteiger partial charge >= 0.3 is 0 Å². The highest BCUT2D eigenvalue weighted by Crippen LogP contribution is 1.97. The average Bonchev–Trinajstić information content (AvgIpc) is 2.10. The Morgan fingerprint density at radius 2 is 2.07 bits per heavy atom. The lowest BCUT2D eigenvalue weighted by Gasteiger charge is -2.19. The number of hydrogen-bond donors (Lipinski definition) is 2. The van der Waals surface area contributed by atoms with Crippen molar-refractivity contribution in [2.45, 2.75) is 20.3 Å². The Labute approximate surface area is 90.8 Å². The van der Waals surface area contributed by atoms with E-state index in [1.54, 1.807) is 6.92 Å². The van der Waals surface area contributed by atoms with Crippen LogP contribution >= 0.6 is 12.2 Å². The van der Waals surface area contributed by atoms with Gasteiger partial charge < -0.3 is 5.73 Å². The third-order valence-electron chi connectivity index (χ3n) is 1.56. The molecular formula is C7H17N3O2S2. The SMILES string of the molecule is CCCNS(=O)(=O)N(CC)CC(N)=S. The van der Waals surface area contributed by atoms with Crippen molar-refractivity contribution >= 4 is 27.4 Å². The van der Waals surface area contributed by atoms with E-state index in [1.807, 2.05) is 6.92 Å². The molecule has 7 heteroatoms. The monoisotopic (exact) mass is 239 g/mol. The second-order valence-electron chi connectivity index (χ2n) is 2.79. The largest absolute Gasteiger partial charge is 0.392 e. The van der Waals surface area contributed by atoms with Gasteiger partial charge in [0.15, 0.2) is 0 Å². The van der Waals surface area contributed by atoms with Gasteiger partial charge in [0.25, 0.3) is 10.2 Å². The first kappa shape index (κ1) is 13.8. The van der Waals surface area contributed by atoms with Crippen molar-refractivity contribution in [3.05, 3.63) is 0 Å². The lowest BCUT2D eigenvalue weighted by Crippen LogP contribution is -2.44. The van der Waals surface area contributed by atoms with Crippen molar-refractivity contribution in [2.75, 3.05) is 19.6 Å². The molecule has 0 amide bonds. The highest BCUT2D eigenvalue weighted by atomic mass is 32.2. The number of rotatable bonds is 7. The van der Waals surface area contributed by atoms with Gasteiger partial charge in [0, 0.05) is 13.1 Å². The van der Waals surface area contributed by atoms with Crippen LogP contribution < -0.4 is 10.5 Å². The number of hydrogen-bond acceptors (Lipinski definition) is 3. The second kappa shape index (κ2) is 6.28. The highest BCUT2D eigenvalue weighted by Gasteiger charge is 2.19. The molecule has 0 saturated heterocycles. The number of nitrogens with two attached hydrogens (primary N) is 1. The molecule has 84 valence electrons. The molecule has 0 aromatic heterocycles. The van der Waals surface area contributed by atoms with Gasteiger partial charge in [0.2, 0.25) is 0 Å². The number of nitrogens with zero attached hydrogens (tertiary/aromatic N) is 1. The Morgan fingerprint density at radius 3 is 2.43 bits per heavy atom. The zero-order valence-electron chi connectivity index (χ0n) is 8.49. The molecule has 0 radical (unpaired) electrons. The number of thiocarbonyl (C=S) groups is 1. The van der Waals surface area contributed by atoms with Gasteiger partial charge in [0.05, 0.1) is 11.5 Å². The van der Waals surface area contributed by atoms with Crippen LogP contribution in [0.1, 0.15) is 20.3 Å². The first-order chi connectivity index (χ1) is 6.44. The summed E-state index contributed by atoms with van der Waals surface area (Å²) in [7, 11) is -3.41. The molecule has 14 heavy (non-hydrogen) atoms. The standard InChI is InChI=1S/C7H17N3O2S2/c1-3-5-9-14(11,12)10(4-2)6-7(8)13/h9H,3-6H2,1-2H3,(H2,8,13). The van der Waals surface area contributed by atoms with Crippen molar-refractivity contribution in [1.29, 1.82) is 0 Å². The highest BCUT2D eigenvalue weighted by molar-refractivity contribution is 7.87. The van der Waals surface area contributed by atoms with Gasteiger partial charge in [-0.1, -0.05) is 26.1 Å². The van der Waals surface area contributed by atoms with Crippen molar-refractivity contribution in [3.63, 3.8) is 0 Å². The van der Waals surface area contributed by atoms with Gasteiger partial charge in [-0.15, -0.1) is 0 Å². The quantitative estimate of drug-likeness (QED) is 0.605. The summed E-state index contributed by atoms with van der Waals surface area (Å²) in [6, 6.07) is 0. The van der Waals surface area contributed by atoms with Crippen LogP contribution in [-0.2, 0) is 10.2 Å². The van der Waals surface area contributed by atoms with Crippen LogP contribution in [-0.4, -0.2) is 37.3 Å². The predicted molar refractivity (Wildman–Crippen MR) is 61.2 cm³/mol. The fourth-order valence-electron chi connectivity index (χ4n) is 0.863. The summed E-state index contributed by atoms with van der Waals surface area (Å²) < 4.78 is 26.8. The molecule has 0 rings (SSSR count). The van der Waals surface area contributed by atoms with E-state index in [0.717, 1.165) is 6.42 Å². The van der Waals surface area contributed by atoms with Crippen LogP contribution in [0.3, 0.4) is 0 Å². The molecule has 3 N–H and O–H groups in total. The van der Waals surface area contributed by atoms with Crippen LogP contribution in [0.2, 0.25) is 0 Å². The van der Waals surface area contributed by atoms with Crippen molar-refractivity contribution in [1.82, 2.24) is 9.03 Å². The molecule has 0 aliphatic heterocycles. The Morgan fingerprint density at radius 1 is 1.50 bits per heavy atom. The molecule has 0 aromatic rings. The topological polar surface area (TPSA) is 75.4 Å².